The fourth-order valence-electron chi connectivity index (χ4n) is 1.14. The van der Waals surface area contributed by atoms with Crippen molar-refractivity contribution in [2.75, 3.05) is 6.54 Å². The molecule has 0 aromatic carbocycles. The van der Waals surface area contributed by atoms with Crippen LogP contribution in [0.5, 0.6) is 0 Å². The third kappa shape index (κ3) is 2.30. The summed E-state index contributed by atoms with van der Waals surface area (Å²) in [4.78, 5) is 12.3. The predicted molar refractivity (Wildman–Crippen MR) is 49.4 cm³/mol. The van der Waals surface area contributed by atoms with E-state index in [2.05, 4.69) is 0 Å². The number of hydrogen-bond donors (Lipinski definition) is 0. The van der Waals surface area contributed by atoms with E-state index in [1.807, 2.05) is 19.9 Å². The van der Waals surface area contributed by atoms with Gasteiger partial charge in [-0.2, -0.15) is 0 Å². The Kier molecular flexibility index (Phi) is 2.81. The van der Waals surface area contributed by atoms with Crippen LogP contribution >= 0.6 is 11.3 Å². The van der Waals surface area contributed by atoms with Gasteiger partial charge in [0.25, 0.3) is 0 Å². The van der Waals surface area contributed by atoms with Crippen LogP contribution in [0.4, 0.5) is 0 Å². The molecule has 0 bridgehead atoms. The Labute approximate surface area is 75.2 Å². The lowest BCUT2D eigenvalue weighted by atomic mass is 10.2. The van der Waals surface area contributed by atoms with E-state index >= 15 is 0 Å². The molecule has 0 fully saturated rings. The van der Waals surface area contributed by atoms with Crippen LogP contribution in [0.15, 0.2) is 6.07 Å². The summed E-state index contributed by atoms with van der Waals surface area (Å²) in [6, 6.07) is 2.03. The summed E-state index contributed by atoms with van der Waals surface area (Å²) in [6.45, 7) is 4.07. The van der Waals surface area contributed by atoms with Crippen molar-refractivity contribution in [3.8, 4) is 0 Å². The third-order valence-electron chi connectivity index (χ3n) is 1.71. The number of nitro groups is 1. The van der Waals surface area contributed by atoms with Gasteiger partial charge in [-0.25, -0.2) is 0 Å². The van der Waals surface area contributed by atoms with Crippen LogP contribution in [0.3, 0.4) is 0 Å². The monoisotopic (exact) mass is 185 g/mol. The van der Waals surface area contributed by atoms with Crippen molar-refractivity contribution < 1.29 is 4.92 Å². The van der Waals surface area contributed by atoms with Crippen LogP contribution in [0.2, 0.25) is 0 Å². The molecule has 1 aromatic rings. The maximum absolute atomic E-state index is 10.1. The molecule has 0 radical (unpaired) electrons. The number of thiophene rings is 1. The molecular weight excluding hydrogens is 174 g/mol. The molecule has 0 unspecified atom stereocenters. The highest BCUT2D eigenvalue weighted by Gasteiger charge is 2.05. The SMILES string of the molecule is Cc1cc(CC[N+](=O)[O-])c(C)s1. The standard InChI is InChI=1S/C8H11NO2S/c1-6-5-8(7(2)12-6)3-4-9(10)11/h5H,3-4H2,1-2H3. The van der Waals surface area contributed by atoms with Crippen LogP contribution in [-0.2, 0) is 6.42 Å². The van der Waals surface area contributed by atoms with E-state index in [9.17, 15) is 10.1 Å². The molecule has 0 atom stereocenters. The second-order valence-corrected chi connectivity index (χ2v) is 4.21. The Morgan fingerprint density at radius 1 is 1.58 bits per heavy atom. The van der Waals surface area contributed by atoms with Crippen molar-refractivity contribution in [3.63, 3.8) is 0 Å². The average Bonchev–Trinajstić information content (AvgIpc) is 2.26. The van der Waals surface area contributed by atoms with Gasteiger partial charge in [0, 0.05) is 21.1 Å². The molecule has 0 aliphatic heterocycles. The second kappa shape index (κ2) is 3.67. The van der Waals surface area contributed by atoms with Crippen molar-refractivity contribution in [1.29, 1.82) is 0 Å². The second-order valence-electron chi connectivity index (χ2n) is 2.74. The molecule has 0 saturated carbocycles. The summed E-state index contributed by atoms with van der Waals surface area (Å²) in [5.41, 5.74) is 1.12. The summed E-state index contributed by atoms with van der Waals surface area (Å²) in [6.07, 6.45) is 0.559. The Balaban J connectivity index is 2.62. The number of hydrogen-bond acceptors (Lipinski definition) is 3. The molecule has 0 spiro atoms. The van der Waals surface area contributed by atoms with E-state index in [4.69, 9.17) is 0 Å². The van der Waals surface area contributed by atoms with Gasteiger partial charge < -0.3 is 0 Å². The zero-order valence-electron chi connectivity index (χ0n) is 7.16. The van der Waals surface area contributed by atoms with Gasteiger partial charge in [-0.3, -0.25) is 10.1 Å². The van der Waals surface area contributed by atoms with Crippen molar-refractivity contribution in [3.05, 3.63) is 31.5 Å². The zero-order chi connectivity index (χ0) is 9.14. The highest BCUT2D eigenvalue weighted by atomic mass is 32.1. The zero-order valence-corrected chi connectivity index (χ0v) is 7.98. The number of nitrogens with zero attached hydrogens (tertiary/aromatic N) is 1. The summed E-state index contributed by atoms with van der Waals surface area (Å²) in [5, 5.41) is 10.1. The smallest absolute Gasteiger partial charge is 0.207 e. The van der Waals surface area contributed by atoms with Crippen LogP contribution in [0.1, 0.15) is 15.3 Å². The largest absolute Gasteiger partial charge is 0.265 e. The summed E-state index contributed by atoms with van der Waals surface area (Å²) in [7, 11) is 0. The lowest BCUT2D eigenvalue weighted by molar-refractivity contribution is -0.479. The van der Waals surface area contributed by atoms with Gasteiger partial charge in [-0.15, -0.1) is 11.3 Å². The Morgan fingerprint density at radius 2 is 2.25 bits per heavy atom. The summed E-state index contributed by atoms with van der Waals surface area (Å²) < 4.78 is 0. The van der Waals surface area contributed by atoms with Gasteiger partial charge in [-0.1, -0.05) is 0 Å². The number of aryl methyl sites for hydroxylation is 2. The van der Waals surface area contributed by atoms with Gasteiger partial charge in [0.05, 0.1) is 0 Å². The molecule has 1 rings (SSSR count). The molecule has 0 aliphatic carbocycles. The normalized spacial score (nSPS) is 10.2. The molecule has 0 saturated heterocycles. The molecule has 0 amide bonds. The van der Waals surface area contributed by atoms with Crippen LogP contribution in [0, 0.1) is 24.0 Å². The topological polar surface area (TPSA) is 43.1 Å². The van der Waals surface area contributed by atoms with E-state index in [0.29, 0.717) is 6.42 Å². The average molecular weight is 185 g/mol. The molecule has 12 heavy (non-hydrogen) atoms. The highest BCUT2D eigenvalue weighted by Crippen LogP contribution is 2.20. The quantitative estimate of drug-likeness (QED) is 0.535. The first kappa shape index (κ1) is 9.19. The van der Waals surface area contributed by atoms with E-state index in [1.165, 1.54) is 9.75 Å². The van der Waals surface area contributed by atoms with Crippen molar-refractivity contribution in [2.45, 2.75) is 20.3 Å². The molecular formula is C8H11NO2S. The summed E-state index contributed by atoms with van der Waals surface area (Å²) >= 11 is 1.70. The van der Waals surface area contributed by atoms with Gasteiger partial charge >= 0.3 is 0 Å². The fraction of sp³-hybridized carbons (Fsp3) is 0.500. The third-order valence-corrected chi connectivity index (χ3v) is 2.72. The van der Waals surface area contributed by atoms with E-state index in [-0.39, 0.29) is 11.5 Å². The van der Waals surface area contributed by atoms with E-state index in [0.717, 1.165) is 5.56 Å². The Bertz CT molecular complexity index is 293. The predicted octanol–water partition coefficient (Wildman–Crippen LogP) is 2.18. The summed E-state index contributed by atoms with van der Waals surface area (Å²) in [5.74, 6) is 0. The lowest BCUT2D eigenvalue weighted by Gasteiger charge is -1.93. The molecule has 0 N–H and O–H groups in total. The first-order chi connectivity index (χ1) is 5.59. The van der Waals surface area contributed by atoms with Crippen molar-refractivity contribution >= 4 is 11.3 Å². The molecule has 1 aromatic heterocycles. The lowest BCUT2D eigenvalue weighted by Crippen LogP contribution is -2.03. The highest BCUT2D eigenvalue weighted by molar-refractivity contribution is 7.12. The molecule has 0 aliphatic rings. The molecule has 3 nitrogen and oxygen atoms in total. The number of rotatable bonds is 3. The Morgan fingerprint density at radius 3 is 2.67 bits per heavy atom. The van der Waals surface area contributed by atoms with Gasteiger partial charge in [0.15, 0.2) is 0 Å². The van der Waals surface area contributed by atoms with Gasteiger partial charge in [-0.05, 0) is 25.5 Å². The van der Waals surface area contributed by atoms with Crippen molar-refractivity contribution in [1.82, 2.24) is 0 Å². The maximum Gasteiger partial charge on any atom is 0.207 e. The minimum absolute atomic E-state index is 0.0387. The van der Waals surface area contributed by atoms with Crippen LogP contribution in [0.25, 0.3) is 0 Å². The van der Waals surface area contributed by atoms with Crippen LogP contribution < -0.4 is 0 Å². The van der Waals surface area contributed by atoms with Crippen molar-refractivity contribution in [2.24, 2.45) is 0 Å². The van der Waals surface area contributed by atoms with Gasteiger partial charge in [0.2, 0.25) is 6.54 Å². The molecule has 66 valence electrons. The van der Waals surface area contributed by atoms with Crippen LogP contribution in [-0.4, -0.2) is 11.5 Å². The maximum atomic E-state index is 10.1. The molecule has 1 heterocycles. The first-order valence-corrected chi connectivity index (χ1v) is 4.59. The van der Waals surface area contributed by atoms with Gasteiger partial charge in [0.1, 0.15) is 0 Å². The minimum Gasteiger partial charge on any atom is -0.265 e. The molecule has 4 heteroatoms. The minimum atomic E-state index is -0.271. The Hall–Kier alpha value is -0.900. The van der Waals surface area contributed by atoms with E-state index < -0.39 is 0 Å². The fourth-order valence-corrected chi connectivity index (χ4v) is 2.12. The first-order valence-electron chi connectivity index (χ1n) is 3.77. The van der Waals surface area contributed by atoms with E-state index in [1.54, 1.807) is 11.3 Å².